The number of hydrogen-bond acceptors (Lipinski definition) is 1. The van der Waals surface area contributed by atoms with E-state index in [1.165, 1.54) is 16.0 Å². The van der Waals surface area contributed by atoms with Gasteiger partial charge in [-0.1, -0.05) is 29.8 Å². The van der Waals surface area contributed by atoms with E-state index in [-0.39, 0.29) is 5.91 Å². The van der Waals surface area contributed by atoms with Crippen LogP contribution in [0, 0.1) is 6.92 Å². The van der Waals surface area contributed by atoms with Crippen molar-refractivity contribution in [3.63, 3.8) is 0 Å². The zero-order chi connectivity index (χ0) is 12.1. The smallest absolute Gasteiger partial charge is 0.272 e. The molecule has 3 nitrogen and oxygen atoms in total. The van der Waals surface area contributed by atoms with E-state index < -0.39 is 0 Å². The summed E-state index contributed by atoms with van der Waals surface area (Å²) in [7, 11) is 0. The number of nitrogens with two attached hydrogens (primary N) is 1. The highest BCUT2D eigenvalue weighted by atomic mass is 16.1. The Kier molecular flexibility index (Phi) is 4.50. The maximum Gasteiger partial charge on any atom is 0.272 e. The molecule has 1 aromatic carbocycles. The minimum atomic E-state index is -0.240. The molecule has 1 atom stereocenters. The molecule has 3 N–H and O–H groups in total. The highest BCUT2D eigenvalue weighted by Crippen LogP contribution is 2.01. The van der Waals surface area contributed by atoms with Gasteiger partial charge in [0, 0.05) is 5.56 Å². The number of amides is 1. The van der Waals surface area contributed by atoms with Gasteiger partial charge in [-0.15, -0.1) is 0 Å². The molecule has 1 amide bonds. The molecular formula is C13H21N2O+. The van der Waals surface area contributed by atoms with Gasteiger partial charge in [-0.25, -0.2) is 0 Å². The second-order valence-corrected chi connectivity index (χ2v) is 4.62. The fourth-order valence-electron chi connectivity index (χ4n) is 1.66. The summed E-state index contributed by atoms with van der Waals surface area (Å²) in [6, 6.07) is 8.81. The fourth-order valence-corrected chi connectivity index (χ4v) is 1.66. The third-order valence-electron chi connectivity index (χ3n) is 2.77. The van der Waals surface area contributed by atoms with Gasteiger partial charge in [0.25, 0.3) is 5.91 Å². The van der Waals surface area contributed by atoms with E-state index in [1.807, 2.05) is 0 Å². The molecule has 0 aliphatic rings. The van der Waals surface area contributed by atoms with Gasteiger partial charge in [0.05, 0.1) is 6.04 Å². The number of aryl methyl sites for hydroxylation is 1. The molecule has 0 fully saturated rings. The molecule has 0 bridgehead atoms. The molecule has 0 saturated carbocycles. The van der Waals surface area contributed by atoms with Gasteiger partial charge in [-0.3, -0.25) is 4.79 Å². The molecule has 1 rings (SSSR count). The van der Waals surface area contributed by atoms with E-state index in [1.54, 1.807) is 0 Å². The van der Waals surface area contributed by atoms with Gasteiger partial charge in [0.15, 0.2) is 6.54 Å². The molecule has 88 valence electrons. The summed E-state index contributed by atoms with van der Waals surface area (Å²) < 4.78 is 0. The molecule has 0 radical (unpaired) electrons. The number of nitrogens with one attached hydrogen (secondary N) is 1. The minimum Gasteiger partial charge on any atom is -0.365 e. The van der Waals surface area contributed by atoms with Crippen LogP contribution in [0.2, 0.25) is 0 Å². The highest BCUT2D eigenvalue weighted by Gasteiger charge is 2.16. The lowest BCUT2D eigenvalue weighted by molar-refractivity contribution is -0.927. The lowest BCUT2D eigenvalue weighted by Crippen LogP contribution is -3.14. The SMILES string of the molecule is Cc1ccc(C[NH+](CC(N)=O)C(C)C)cc1. The van der Waals surface area contributed by atoms with Crippen LogP contribution in [0.15, 0.2) is 24.3 Å². The van der Waals surface area contributed by atoms with Crippen LogP contribution in [0.25, 0.3) is 0 Å². The zero-order valence-corrected chi connectivity index (χ0v) is 10.3. The standard InChI is InChI=1S/C13H20N2O/c1-10(2)15(9-13(14)16)8-12-6-4-11(3)5-7-12/h4-7,10H,8-9H2,1-3H3,(H2,14,16)/p+1. The second-order valence-electron chi connectivity index (χ2n) is 4.62. The van der Waals surface area contributed by atoms with Gasteiger partial charge < -0.3 is 10.6 Å². The van der Waals surface area contributed by atoms with E-state index in [9.17, 15) is 4.79 Å². The lowest BCUT2D eigenvalue weighted by atomic mass is 10.1. The van der Waals surface area contributed by atoms with Crippen LogP contribution in [-0.2, 0) is 11.3 Å². The first kappa shape index (κ1) is 12.7. The number of quaternary nitrogens is 1. The first-order chi connectivity index (χ1) is 7.49. The Hall–Kier alpha value is -1.35. The van der Waals surface area contributed by atoms with Crippen LogP contribution in [0.1, 0.15) is 25.0 Å². The summed E-state index contributed by atoms with van der Waals surface area (Å²) in [5.41, 5.74) is 7.75. The highest BCUT2D eigenvalue weighted by molar-refractivity contribution is 5.74. The maximum atomic E-state index is 11.0. The molecule has 3 heteroatoms. The molecule has 0 aliphatic carbocycles. The van der Waals surface area contributed by atoms with Crippen LogP contribution in [0.3, 0.4) is 0 Å². The van der Waals surface area contributed by atoms with E-state index in [0.717, 1.165) is 6.54 Å². The Balaban J connectivity index is 2.67. The summed E-state index contributed by atoms with van der Waals surface area (Å²) in [4.78, 5) is 12.2. The minimum absolute atomic E-state index is 0.240. The maximum absolute atomic E-state index is 11.0. The van der Waals surface area contributed by atoms with Crippen molar-refractivity contribution in [3.8, 4) is 0 Å². The summed E-state index contributed by atoms with van der Waals surface area (Å²) in [5, 5.41) is 0. The topological polar surface area (TPSA) is 47.5 Å². The molecule has 1 unspecified atom stereocenters. The Morgan fingerprint density at radius 3 is 2.31 bits per heavy atom. The predicted octanol–water partition coefficient (Wildman–Crippen LogP) is 0.274. The molecule has 0 aliphatic heterocycles. The summed E-state index contributed by atoms with van der Waals surface area (Å²) in [6.07, 6.45) is 0. The normalized spacial score (nSPS) is 12.8. The van der Waals surface area contributed by atoms with Crippen molar-refractivity contribution in [3.05, 3.63) is 35.4 Å². The zero-order valence-electron chi connectivity index (χ0n) is 10.3. The lowest BCUT2D eigenvalue weighted by Gasteiger charge is -2.22. The van der Waals surface area contributed by atoms with Crippen LogP contribution in [0.5, 0.6) is 0 Å². The van der Waals surface area contributed by atoms with E-state index in [0.29, 0.717) is 12.6 Å². The van der Waals surface area contributed by atoms with Crippen LogP contribution in [-0.4, -0.2) is 18.5 Å². The molecular weight excluding hydrogens is 200 g/mol. The average molecular weight is 221 g/mol. The second kappa shape index (κ2) is 5.66. The fraction of sp³-hybridized carbons (Fsp3) is 0.462. The van der Waals surface area contributed by atoms with Crippen LogP contribution < -0.4 is 10.6 Å². The van der Waals surface area contributed by atoms with Crippen molar-refractivity contribution >= 4 is 5.91 Å². The molecule has 0 spiro atoms. The van der Waals surface area contributed by atoms with E-state index >= 15 is 0 Å². The number of hydrogen-bond donors (Lipinski definition) is 2. The van der Waals surface area contributed by atoms with Gasteiger partial charge in [-0.05, 0) is 20.8 Å². The Morgan fingerprint density at radius 1 is 1.31 bits per heavy atom. The Labute approximate surface area is 97.2 Å². The Morgan fingerprint density at radius 2 is 1.88 bits per heavy atom. The third-order valence-corrected chi connectivity index (χ3v) is 2.77. The first-order valence-corrected chi connectivity index (χ1v) is 5.67. The average Bonchev–Trinajstić information content (AvgIpc) is 2.19. The van der Waals surface area contributed by atoms with Crippen LogP contribution >= 0.6 is 0 Å². The first-order valence-electron chi connectivity index (χ1n) is 5.67. The van der Waals surface area contributed by atoms with Crippen molar-refractivity contribution in [1.82, 2.24) is 0 Å². The van der Waals surface area contributed by atoms with Gasteiger partial charge in [-0.2, -0.15) is 0 Å². The third kappa shape index (κ3) is 4.03. The number of carbonyl (C=O) groups excluding carboxylic acids is 1. The number of carbonyl (C=O) groups is 1. The van der Waals surface area contributed by atoms with Crippen molar-refractivity contribution in [2.45, 2.75) is 33.4 Å². The van der Waals surface area contributed by atoms with E-state index in [4.69, 9.17) is 5.73 Å². The van der Waals surface area contributed by atoms with Crippen molar-refractivity contribution < 1.29 is 9.69 Å². The number of primary amides is 1. The van der Waals surface area contributed by atoms with Gasteiger partial charge >= 0.3 is 0 Å². The molecule has 0 saturated heterocycles. The van der Waals surface area contributed by atoms with Crippen molar-refractivity contribution in [1.29, 1.82) is 0 Å². The van der Waals surface area contributed by atoms with Crippen molar-refractivity contribution in [2.75, 3.05) is 6.54 Å². The largest absolute Gasteiger partial charge is 0.365 e. The summed E-state index contributed by atoms with van der Waals surface area (Å²) in [6.45, 7) is 7.52. The van der Waals surface area contributed by atoms with Gasteiger partial charge in [0.2, 0.25) is 0 Å². The summed E-state index contributed by atoms with van der Waals surface area (Å²) in [5.74, 6) is -0.240. The number of benzene rings is 1. The quantitative estimate of drug-likeness (QED) is 0.737. The van der Waals surface area contributed by atoms with Crippen LogP contribution in [0.4, 0.5) is 0 Å². The van der Waals surface area contributed by atoms with E-state index in [2.05, 4.69) is 45.0 Å². The molecule has 16 heavy (non-hydrogen) atoms. The van der Waals surface area contributed by atoms with Crippen molar-refractivity contribution in [2.24, 2.45) is 5.73 Å². The molecule has 0 aromatic heterocycles. The molecule has 0 heterocycles. The predicted molar refractivity (Wildman–Crippen MR) is 65.0 cm³/mol. The van der Waals surface area contributed by atoms with Gasteiger partial charge in [0.1, 0.15) is 6.54 Å². The monoisotopic (exact) mass is 221 g/mol. The summed E-state index contributed by atoms with van der Waals surface area (Å²) >= 11 is 0. The molecule has 1 aromatic rings. The number of rotatable bonds is 5. The Bertz CT molecular complexity index is 343.